The van der Waals surface area contributed by atoms with Gasteiger partial charge in [0.15, 0.2) is 0 Å². The molecular formula is C4H3N3O2. The molecule has 9 heavy (non-hydrogen) atoms. The summed E-state index contributed by atoms with van der Waals surface area (Å²) >= 11 is 0. The van der Waals surface area contributed by atoms with Crippen LogP contribution < -0.4 is 5.56 Å². The van der Waals surface area contributed by atoms with Crippen LogP contribution in [0.3, 0.4) is 0 Å². The second-order valence-corrected chi connectivity index (χ2v) is 1.35. The van der Waals surface area contributed by atoms with Crippen molar-refractivity contribution in [3.8, 4) is 0 Å². The standard InChI is InChI=1S/C4H3N3O2/c8-3-1-2-5-4(6-3)7-9/h1-2H,(H,5,6,8). The molecule has 1 N–H and O–H groups in total. The van der Waals surface area contributed by atoms with E-state index in [0.29, 0.717) is 0 Å². The fourth-order valence-electron chi connectivity index (χ4n) is 0.406. The average molecular weight is 125 g/mol. The monoisotopic (exact) mass is 125 g/mol. The van der Waals surface area contributed by atoms with E-state index in [9.17, 15) is 9.70 Å². The van der Waals surface area contributed by atoms with Crippen LogP contribution in [-0.2, 0) is 0 Å². The molecule has 0 bridgehead atoms. The molecule has 1 aromatic rings. The second kappa shape index (κ2) is 2.17. The molecule has 5 nitrogen and oxygen atoms in total. The molecule has 5 heteroatoms. The molecule has 46 valence electrons. The third kappa shape index (κ3) is 1.18. The zero-order chi connectivity index (χ0) is 6.69. The lowest BCUT2D eigenvalue weighted by Crippen LogP contribution is -2.02. The highest BCUT2D eigenvalue weighted by atomic mass is 16.3. The summed E-state index contributed by atoms with van der Waals surface area (Å²) in [6.45, 7) is 0. The number of aromatic amines is 1. The molecule has 0 saturated heterocycles. The van der Waals surface area contributed by atoms with Crippen molar-refractivity contribution in [3.63, 3.8) is 0 Å². The maximum atomic E-state index is 10.4. The lowest BCUT2D eigenvalue weighted by molar-refractivity contribution is 1.09. The Balaban J connectivity index is 3.23. The number of aromatic nitrogens is 2. The van der Waals surface area contributed by atoms with Crippen molar-refractivity contribution in [2.45, 2.75) is 0 Å². The van der Waals surface area contributed by atoms with Gasteiger partial charge < -0.3 is 0 Å². The lowest BCUT2D eigenvalue weighted by atomic mass is 10.7. The zero-order valence-corrected chi connectivity index (χ0v) is 4.37. The zero-order valence-electron chi connectivity index (χ0n) is 4.37. The molecule has 0 spiro atoms. The number of hydrogen-bond acceptors (Lipinski definition) is 4. The van der Waals surface area contributed by atoms with Gasteiger partial charge in [-0.15, -0.1) is 4.91 Å². The van der Waals surface area contributed by atoms with Crippen molar-refractivity contribution in [1.29, 1.82) is 0 Å². The van der Waals surface area contributed by atoms with E-state index in [-0.39, 0.29) is 11.5 Å². The number of nitrogens with one attached hydrogen (secondary N) is 1. The van der Waals surface area contributed by atoms with E-state index >= 15 is 0 Å². The molecule has 0 fully saturated rings. The summed E-state index contributed by atoms with van der Waals surface area (Å²) in [5.74, 6) is -0.192. The van der Waals surface area contributed by atoms with Crippen molar-refractivity contribution >= 4 is 5.95 Å². The van der Waals surface area contributed by atoms with E-state index in [0.717, 1.165) is 0 Å². The number of nitrogens with zero attached hydrogens (tertiary/aromatic N) is 2. The van der Waals surface area contributed by atoms with E-state index in [2.05, 4.69) is 15.1 Å². The second-order valence-electron chi connectivity index (χ2n) is 1.35. The van der Waals surface area contributed by atoms with Gasteiger partial charge in [0.1, 0.15) is 0 Å². The Morgan fingerprint density at radius 1 is 1.67 bits per heavy atom. The van der Waals surface area contributed by atoms with Gasteiger partial charge in [-0.25, -0.2) is 4.98 Å². The van der Waals surface area contributed by atoms with Crippen molar-refractivity contribution < 1.29 is 0 Å². The molecule has 0 aliphatic carbocycles. The van der Waals surface area contributed by atoms with Crippen LogP contribution in [0.15, 0.2) is 22.2 Å². The summed E-state index contributed by atoms with van der Waals surface area (Å²) in [6.07, 6.45) is 1.22. The van der Waals surface area contributed by atoms with Crippen LogP contribution in [-0.4, -0.2) is 9.97 Å². The maximum absolute atomic E-state index is 10.4. The Labute approximate surface area is 49.7 Å². The molecule has 0 aliphatic rings. The maximum Gasteiger partial charge on any atom is 0.271 e. The largest absolute Gasteiger partial charge is 0.288 e. The minimum absolute atomic E-state index is 0.192. The normalized spacial score (nSPS) is 8.89. The number of H-pyrrole nitrogens is 1. The number of hydrogen-bond donors (Lipinski definition) is 1. The average Bonchev–Trinajstić information content (AvgIpc) is 1.88. The van der Waals surface area contributed by atoms with Gasteiger partial charge in [0.25, 0.3) is 11.5 Å². The van der Waals surface area contributed by atoms with E-state index in [1.165, 1.54) is 12.3 Å². The summed E-state index contributed by atoms with van der Waals surface area (Å²) in [4.78, 5) is 25.6. The highest BCUT2D eigenvalue weighted by Gasteiger charge is 1.88. The first-order chi connectivity index (χ1) is 4.33. The van der Waals surface area contributed by atoms with Crippen LogP contribution in [0.4, 0.5) is 5.95 Å². The van der Waals surface area contributed by atoms with Gasteiger partial charge in [-0.1, -0.05) is 0 Å². The quantitative estimate of drug-likeness (QED) is 0.543. The van der Waals surface area contributed by atoms with Gasteiger partial charge >= 0.3 is 0 Å². The van der Waals surface area contributed by atoms with Gasteiger partial charge in [-0.2, -0.15) is 0 Å². The Morgan fingerprint density at radius 2 is 2.44 bits per heavy atom. The Bertz CT molecular complexity index is 267. The highest BCUT2D eigenvalue weighted by molar-refractivity contribution is 5.10. The summed E-state index contributed by atoms with van der Waals surface area (Å²) in [6, 6.07) is 1.20. The van der Waals surface area contributed by atoms with E-state index in [1.54, 1.807) is 0 Å². The van der Waals surface area contributed by atoms with Crippen LogP contribution in [0.2, 0.25) is 0 Å². The highest BCUT2D eigenvalue weighted by Crippen LogP contribution is 1.92. The van der Waals surface area contributed by atoms with Crippen molar-refractivity contribution in [2.24, 2.45) is 5.18 Å². The minimum atomic E-state index is -0.375. The number of rotatable bonds is 1. The molecule has 0 unspecified atom stereocenters. The SMILES string of the molecule is O=Nc1nccc(=O)[nH]1. The third-order valence-corrected chi connectivity index (χ3v) is 0.744. The smallest absolute Gasteiger partial charge is 0.271 e. The molecule has 1 rings (SSSR count). The molecule has 0 amide bonds. The van der Waals surface area contributed by atoms with Gasteiger partial charge in [-0.05, 0) is 0 Å². The van der Waals surface area contributed by atoms with Crippen molar-refractivity contribution in [2.75, 3.05) is 0 Å². The first-order valence-electron chi connectivity index (χ1n) is 2.21. The fraction of sp³-hybridized carbons (Fsp3) is 0. The lowest BCUT2D eigenvalue weighted by Gasteiger charge is -1.81. The summed E-state index contributed by atoms with van der Waals surface area (Å²) in [5, 5.41) is 2.41. The summed E-state index contributed by atoms with van der Waals surface area (Å²) in [7, 11) is 0. The third-order valence-electron chi connectivity index (χ3n) is 0.744. The van der Waals surface area contributed by atoms with Gasteiger partial charge in [0.2, 0.25) is 0 Å². The molecule has 0 radical (unpaired) electrons. The predicted octanol–water partition coefficient (Wildman–Crippen LogP) is 0.168. The fourth-order valence-corrected chi connectivity index (χ4v) is 0.406. The first-order valence-corrected chi connectivity index (χ1v) is 2.21. The summed E-state index contributed by atoms with van der Waals surface area (Å²) in [5.41, 5.74) is -0.375. The topological polar surface area (TPSA) is 75.2 Å². The molecule has 0 atom stereocenters. The Hall–Kier alpha value is -1.52. The van der Waals surface area contributed by atoms with Crippen LogP contribution >= 0.6 is 0 Å². The Morgan fingerprint density at radius 3 is 2.89 bits per heavy atom. The van der Waals surface area contributed by atoms with Crippen LogP contribution in [0.1, 0.15) is 0 Å². The molecule has 0 aromatic carbocycles. The molecule has 1 aromatic heterocycles. The van der Waals surface area contributed by atoms with E-state index in [1.807, 2.05) is 0 Å². The van der Waals surface area contributed by atoms with Gasteiger partial charge in [0, 0.05) is 17.4 Å². The number of nitroso groups, excluding NO2 is 1. The van der Waals surface area contributed by atoms with Gasteiger partial charge in [0.05, 0.1) is 0 Å². The van der Waals surface area contributed by atoms with Crippen molar-refractivity contribution in [1.82, 2.24) is 9.97 Å². The summed E-state index contributed by atoms with van der Waals surface area (Å²) < 4.78 is 0. The molecule has 0 saturated carbocycles. The van der Waals surface area contributed by atoms with Crippen molar-refractivity contribution in [3.05, 3.63) is 27.5 Å². The van der Waals surface area contributed by atoms with Crippen LogP contribution in [0.25, 0.3) is 0 Å². The molecule has 1 heterocycles. The molecular weight excluding hydrogens is 122 g/mol. The van der Waals surface area contributed by atoms with Crippen LogP contribution in [0, 0.1) is 4.91 Å². The Kier molecular flexibility index (Phi) is 1.35. The first kappa shape index (κ1) is 5.61. The van der Waals surface area contributed by atoms with E-state index in [4.69, 9.17) is 0 Å². The van der Waals surface area contributed by atoms with E-state index < -0.39 is 0 Å². The minimum Gasteiger partial charge on any atom is -0.288 e. The van der Waals surface area contributed by atoms with Gasteiger partial charge in [-0.3, -0.25) is 9.78 Å². The van der Waals surface area contributed by atoms with Crippen LogP contribution in [0.5, 0.6) is 0 Å². The molecule has 0 aliphatic heterocycles. The predicted molar refractivity (Wildman–Crippen MR) is 30.3 cm³/mol.